The lowest BCUT2D eigenvalue weighted by molar-refractivity contribution is -0.134. The Kier molecular flexibility index (Phi) is 4.93. The molecule has 0 aliphatic carbocycles. The minimum Gasteiger partial charge on any atom is -0.354 e. The normalized spacial score (nSPS) is 18.8. The first-order valence-corrected chi connectivity index (χ1v) is 9.11. The van der Waals surface area contributed by atoms with Gasteiger partial charge < -0.3 is 4.90 Å². The molecular formula is C20H23N5O. The van der Waals surface area contributed by atoms with Crippen molar-refractivity contribution in [2.45, 2.75) is 12.8 Å². The maximum atomic E-state index is 12.3. The maximum Gasteiger partial charge on any atom is 0.244 e. The Balaban J connectivity index is 1.38. The van der Waals surface area contributed by atoms with Gasteiger partial charge in [0.05, 0.1) is 12.4 Å². The second kappa shape index (κ2) is 7.66. The molecule has 134 valence electrons. The maximum absolute atomic E-state index is 12.3. The molecule has 1 aromatic carbocycles. The monoisotopic (exact) mass is 349 g/mol. The van der Waals surface area contributed by atoms with E-state index in [-0.39, 0.29) is 5.91 Å². The number of hydrogen-bond donors (Lipinski definition) is 0. The molecular weight excluding hydrogens is 326 g/mol. The Morgan fingerprint density at radius 1 is 0.885 bits per heavy atom. The molecule has 3 heterocycles. The first-order chi connectivity index (χ1) is 12.8. The lowest BCUT2D eigenvalue weighted by Crippen LogP contribution is -2.51. The van der Waals surface area contributed by atoms with E-state index in [2.05, 4.69) is 32.0 Å². The van der Waals surface area contributed by atoms with Gasteiger partial charge in [-0.2, -0.15) is 5.10 Å². The van der Waals surface area contributed by atoms with Crippen molar-refractivity contribution >= 4 is 17.4 Å². The van der Waals surface area contributed by atoms with E-state index in [9.17, 15) is 4.79 Å². The molecule has 26 heavy (non-hydrogen) atoms. The molecule has 1 saturated heterocycles. The van der Waals surface area contributed by atoms with E-state index in [4.69, 9.17) is 0 Å². The zero-order valence-electron chi connectivity index (χ0n) is 14.8. The fraction of sp³-hybridized carbons (Fsp3) is 0.350. The molecule has 0 spiro atoms. The van der Waals surface area contributed by atoms with Crippen LogP contribution in [-0.4, -0.2) is 59.4 Å². The SMILES string of the molecule is O=C1CCC(c2ccccc2)=NN1CN1CCN(c2ccccn2)CC1. The largest absolute Gasteiger partial charge is 0.354 e. The number of anilines is 1. The van der Waals surface area contributed by atoms with Gasteiger partial charge >= 0.3 is 0 Å². The number of piperazine rings is 1. The van der Waals surface area contributed by atoms with Crippen LogP contribution < -0.4 is 4.90 Å². The number of pyridine rings is 1. The van der Waals surface area contributed by atoms with E-state index in [0.29, 0.717) is 19.5 Å². The smallest absolute Gasteiger partial charge is 0.244 e. The van der Waals surface area contributed by atoms with Crippen LogP contribution in [0.15, 0.2) is 59.8 Å². The van der Waals surface area contributed by atoms with Crippen LogP contribution in [0, 0.1) is 0 Å². The van der Waals surface area contributed by atoms with Crippen molar-refractivity contribution in [3.8, 4) is 0 Å². The van der Waals surface area contributed by atoms with Crippen LogP contribution in [-0.2, 0) is 4.79 Å². The Morgan fingerprint density at radius 2 is 1.65 bits per heavy atom. The molecule has 2 aromatic rings. The third-order valence-corrected chi connectivity index (χ3v) is 4.89. The highest BCUT2D eigenvalue weighted by atomic mass is 16.2. The number of amides is 1. The van der Waals surface area contributed by atoms with E-state index >= 15 is 0 Å². The number of carbonyl (C=O) groups is 1. The quantitative estimate of drug-likeness (QED) is 0.849. The molecule has 2 aliphatic rings. The van der Waals surface area contributed by atoms with E-state index in [1.54, 1.807) is 5.01 Å². The van der Waals surface area contributed by atoms with E-state index in [1.807, 2.05) is 42.6 Å². The van der Waals surface area contributed by atoms with Crippen molar-refractivity contribution < 1.29 is 4.79 Å². The van der Waals surface area contributed by atoms with Gasteiger partial charge in [0.1, 0.15) is 5.82 Å². The lowest BCUT2D eigenvalue weighted by Gasteiger charge is -2.37. The van der Waals surface area contributed by atoms with Crippen molar-refractivity contribution in [3.05, 3.63) is 60.3 Å². The number of aromatic nitrogens is 1. The first kappa shape index (κ1) is 16.7. The van der Waals surface area contributed by atoms with Gasteiger partial charge in [0.25, 0.3) is 0 Å². The predicted octanol–water partition coefficient (Wildman–Crippen LogP) is 2.19. The van der Waals surface area contributed by atoms with Crippen molar-refractivity contribution in [2.24, 2.45) is 5.10 Å². The number of nitrogens with zero attached hydrogens (tertiary/aromatic N) is 5. The van der Waals surface area contributed by atoms with Gasteiger partial charge in [-0.3, -0.25) is 9.69 Å². The average Bonchev–Trinajstić information content (AvgIpc) is 2.71. The van der Waals surface area contributed by atoms with Gasteiger partial charge in [0.15, 0.2) is 0 Å². The summed E-state index contributed by atoms with van der Waals surface area (Å²) in [4.78, 5) is 21.3. The minimum atomic E-state index is 0.108. The molecule has 0 saturated carbocycles. The second-order valence-electron chi connectivity index (χ2n) is 6.64. The van der Waals surface area contributed by atoms with E-state index in [0.717, 1.165) is 43.3 Å². The molecule has 1 fully saturated rings. The summed E-state index contributed by atoms with van der Waals surface area (Å²) in [7, 11) is 0. The molecule has 6 heteroatoms. The van der Waals surface area contributed by atoms with Gasteiger partial charge in [-0.15, -0.1) is 0 Å². The number of rotatable bonds is 4. The topological polar surface area (TPSA) is 52.0 Å². The van der Waals surface area contributed by atoms with Gasteiger partial charge in [0, 0.05) is 45.2 Å². The zero-order chi connectivity index (χ0) is 17.8. The predicted molar refractivity (Wildman–Crippen MR) is 102 cm³/mol. The van der Waals surface area contributed by atoms with Crippen molar-refractivity contribution in [2.75, 3.05) is 37.7 Å². The fourth-order valence-electron chi connectivity index (χ4n) is 3.40. The Labute approximate surface area is 153 Å². The zero-order valence-corrected chi connectivity index (χ0v) is 14.8. The second-order valence-corrected chi connectivity index (χ2v) is 6.64. The summed E-state index contributed by atoms with van der Waals surface area (Å²) in [5.41, 5.74) is 2.10. The Morgan fingerprint density at radius 3 is 2.38 bits per heavy atom. The molecule has 1 amide bonds. The van der Waals surface area contributed by atoms with E-state index in [1.165, 1.54) is 0 Å². The van der Waals surface area contributed by atoms with Crippen LogP contribution in [0.5, 0.6) is 0 Å². The highest BCUT2D eigenvalue weighted by Crippen LogP contribution is 2.17. The summed E-state index contributed by atoms with van der Waals surface area (Å²) >= 11 is 0. The minimum absolute atomic E-state index is 0.108. The summed E-state index contributed by atoms with van der Waals surface area (Å²) < 4.78 is 0. The molecule has 4 rings (SSSR count). The molecule has 0 atom stereocenters. The number of hydrazone groups is 1. The van der Waals surface area contributed by atoms with Crippen LogP contribution in [0.2, 0.25) is 0 Å². The van der Waals surface area contributed by atoms with Crippen LogP contribution in [0.4, 0.5) is 5.82 Å². The molecule has 0 N–H and O–H groups in total. The van der Waals surface area contributed by atoms with Gasteiger partial charge in [-0.25, -0.2) is 9.99 Å². The number of hydrogen-bond acceptors (Lipinski definition) is 5. The van der Waals surface area contributed by atoms with Crippen molar-refractivity contribution in [1.29, 1.82) is 0 Å². The molecule has 0 bridgehead atoms. The lowest BCUT2D eigenvalue weighted by atomic mass is 10.0. The van der Waals surface area contributed by atoms with Gasteiger partial charge in [0.2, 0.25) is 5.91 Å². The molecule has 0 unspecified atom stereocenters. The molecule has 1 aromatic heterocycles. The third kappa shape index (κ3) is 3.75. The van der Waals surface area contributed by atoms with Crippen LogP contribution in [0.25, 0.3) is 0 Å². The van der Waals surface area contributed by atoms with Crippen molar-refractivity contribution in [3.63, 3.8) is 0 Å². The molecule has 6 nitrogen and oxygen atoms in total. The molecule has 0 radical (unpaired) electrons. The van der Waals surface area contributed by atoms with Crippen molar-refractivity contribution in [1.82, 2.24) is 14.9 Å². The summed E-state index contributed by atoms with van der Waals surface area (Å²) in [5.74, 6) is 1.13. The highest BCUT2D eigenvalue weighted by Gasteiger charge is 2.25. The van der Waals surface area contributed by atoms with Gasteiger partial charge in [-0.05, 0) is 17.7 Å². The Hall–Kier alpha value is -2.73. The van der Waals surface area contributed by atoms with E-state index < -0.39 is 0 Å². The van der Waals surface area contributed by atoms with Crippen LogP contribution in [0.1, 0.15) is 18.4 Å². The fourth-order valence-corrected chi connectivity index (χ4v) is 3.40. The number of benzene rings is 1. The average molecular weight is 349 g/mol. The summed E-state index contributed by atoms with van der Waals surface area (Å²) in [6.45, 7) is 4.18. The van der Waals surface area contributed by atoms with Crippen LogP contribution in [0.3, 0.4) is 0 Å². The molecule has 2 aliphatic heterocycles. The van der Waals surface area contributed by atoms with Crippen LogP contribution >= 0.6 is 0 Å². The highest BCUT2D eigenvalue weighted by molar-refractivity contribution is 6.04. The third-order valence-electron chi connectivity index (χ3n) is 4.89. The Bertz CT molecular complexity index is 769. The summed E-state index contributed by atoms with van der Waals surface area (Å²) in [5, 5.41) is 6.28. The first-order valence-electron chi connectivity index (χ1n) is 9.11. The number of carbonyl (C=O) groups excluding carboxylic acids is 1. The van der Waals surface area contributed by atoms with Gasteiger partial charge in [-0.1, -0.05) is 36.4 Å². The summed E-state index contributed by atoms with van der Waals surface area (Å²) in [6.07, 6.45) is 3.07. The summed E-state index contributed by atoms with van der Waals surface area (Å²) in [6, 6.07) is 16.1. The standard InChI is InChI=1S/C20H23N5O/c26-20-10-9-18(17-6-2-1-3-7-17)22-25(20)16-23-12-14-24(15-13-23)19-8-4-5-11-21-19/h1-8,11H,9-10,12-16H2.